The van der Waals surface area contributed by atoms with Crippen LogP contribution >= 0.6 is 0 Å². The van der Waals surface area contributed by atoms with Gasteiger partial charge in [0.15, 0.2) is 11.9 Å². The summed E-state index contributed by atoms with van der Waals surface area (Å²) in [6.45, 7) is 7.19. The number of allylic oxidation sites excluding steroid dienone is 2. The van der Waals surface area contributed by atoms with E-state index in [1.54, 1.807) is 36.4 Å². The molecule has 6 nitrogen and oxygen atoms in total. The van der Waals surface area contributed by atoms with Gasteiger partial charge in [0.05, 0.1) is 7.11 Å². The van der Waals surface area contributed by atoms with Crippen LogP contribution in [-0.2, 0) is 53.4 Å². The zero-order valence-electron chi connectivity index (χ0n) is 15.6. The quantitative estimate of drug-likeness (QED) is 0.281. The van der Waals surface area contributed by atoms with Gasteiger partial charge in [-0.1, -0.05) is 0 Å². The van der Waals surface area contributed by atoms with E-state index in [0.29, 0.717) is 11.7 Å². The molecule has 160 valence electrons. The second-order valence-electron chi connectivity index (χ2n) is 5.26. The Balaban J connectivity index is 0. The van der Waals surface area contributed by atoms with E-state index in [-0.39, 0.29) is 25.3 Å². The van der Waals surface area contributed by atoms with Crippen molar-refractivity contribution in [3.05, 3.63) is 74.9 Å². The normalized spacial score (nSPS) is 17.2. The van der Waals surface area contributed by atoms with Gasteiger partial charge in [0.25, 0.3) is 0 Å². The second kappa shape index (κ2) is 16.0. The van der Waals surface area contributed by atoms with Gasteiger partial charge in [-0.15, -0.1) is 49.3 Å². The Labute approximate surface area is 182 Å². The predicted octanol–water partition coefficient (Wildman–Crippen LogP) is 3.32. The first kappa shape index (κ1) is 28.2. The molecule has 0 bridgehead atoms. The van der Waals surface area contributed by atoms with Crippen molar-refractivity contribution < 1.29 is 58.1 Å². The van der Waals surface area contributed by atoms with Crippen LogP contribution in [0, 0.1) is 37.2 Å². The predicted molar refractivity (Wildman–Crippen MR) is 93.8 cm³/mol. The molecule has 3 rings (SSSR count). The molecule has 8 heteroatoms. The molecule has 2 aliphatic rings. The van der Waals surface area contributed by atoms with E-state index in [2.05, 4.69) is 55.3 Å². The van der Waals surface area contributed by atoms with Gasteiger partial charge in [-0.2, -0.15) is 31.0 Å². The maximum atomic E-state index is 11.4. The molecular weight excluding hydrogens is 454 g/mol. The van der Waals surface area contributed by atoms with E-state index in [1.165, 1.54) is 7.11 Å². The minimum absolute atomic E-state index is 0. The molecule has 28 heavy (non-hydrogen) atoms. The van der Waals surface area contributed by atoms with Crippen LogP contribution in [0.5, 0.6) is 5.75 Å². The topological polar surface area (TPSA) is 86.7 Å². The van der Waals surface area contributed by atoms with Gasteiger partial charge in [0.2, 0.25) is 0 Å². The summed E-state index contributed by atoms with van der Waals surface area (Å²) in [5.74, 6) is 2.32. The number of esters is 2. The Bertz CT molecular complexity index is 620. The third-order valence-corrected chi connectivity index (χ3v) is 3.62. The Morgan fingerprint density at radius 2 is 1.61 bits per heavy atom. The number of benzene rings is 1. The number of carbonyl (C=O) groups excluding carboxylic acids is 2. The van der Waals surface area contributed by atoms with Gasteiger partial charge >= 0.3 is 39.1 Å². The van der Waals surface area contributed by atoms with Crippen molar-refractivity contribution in [2.45, 2.75) is 12.8 Å². The molecule has 0 aliphatic heterocycles. The van der Waals surface area contributed by atoms with Gasteiger partial charge in [0, 0.05) is 5.75 Å². The van der Waals surface area contributed by atoms with Gasteiger partial charge in [-0.3, -0.25) is 21.4 Å². The third-order valence-electron chi connectivity index (χ3n) is 3.62. The van der Waals surface area contributed by atoms with Crippen LogP contribution in [0.25, 0.3) is 0 Å². The van der Waals surface area contributed by atoms with Crippen molar-refractivity contribution in [2.24, 2.45) is 11.8 Å². The summed E-state index contributed by atoms with van der Waals surface area (Å²) in [7, 11) is 1.40. The third kappa shape index (κ3) is 9.79. The molecule has 2 saturated carbocycles. The van der Waals surface area contributed by atoms with Crippen LogP contribution in [0.3, 0.4) is 0 Å². The van der Waals surface area contributed by atoms with Gasteiger partial charge in [0.1, 0.15) is 0 Å². The van der Waals surface area contributed by atoms with Crippen molar-refractivity contribution in [1.29, 1.82) is 0 Å². The summed E-state index contributed by atoms with van der Waals surface area (Å²) < 4.78 is 25.5. The van der Waals surface area contributed by atoms with Crippen LogP contribution in [-0.4, -0.2) is 19.0 Å². The molecule has 1 aromatic rings. The van der Waals surface area contributed by atoms with E-state index in [1.807, 2.05) is 0 Å². The molecule has 0 N–H and O–H groups in total. The molecule has 0 heterocycles. The Morgan fingerprint density at radius 3 is 1.96 bits per heavy atom. The summed E-state index contributed by atoms with van der Waals surface area (Å²) >= 11 is 4.62. The molecule has 0 spiro atoms. The molecule has 2 unspecified atom stereocenters. The van der Waals surface area contributed by atoms with Crippen molar-refractivity contribution in [3.63, 3.8) is 0 Å². The summed E-state index contributed by atoms with van der Waals surface area (Å²) in [6, 6.07) is 9.76. The SMILES string of the molecule is C=CC1C[C-]1C(=O)OC.C=CC1C[C-]1C(=O)Oc1c[c-]ccc1.[CH3-].[O]=[Co].[O]=[Co]. The van der Waals surface area contributed by atoms with E-state index in [0.717, 1.165) is 24.7 Å². The Kier molecular flexibility index (Phi) is 16.1. The van der Waals surface area contributed by atoms with E-state index >= 15 is 0 Å². The zero-order valence-corrected chi connectivity index (χ0v) is 17.6. The molecule has 1 aromatic carbocycles. The number of ether oxygens (including phenoxy) is 2. The average molecular weight is 476 g/mol. The van der Waals surface area contributed by atoms with Crippen molar-refractivity contribution in [2.75, 3.05) is 7.11 Å². The number of hydrogen-bond donors (Lipinski definition) is 0. The summed E-state index contributed by atoms with van der Waals surface area (Å²) in [4.78, 5) is 22.1. The second-order valence-corrected chi connectivity index (χ2v) is 5.26. The van der Waals surface area contributed by atoms with Crippen molar-refractivity contribution in [1.82, 2.24) is 0 Å². The van der Waals surface area contributed by atoms with Gasteiger partial charge in [-0.05, 0) is 0 Å². The molecule has 2 atom stereocenters. The maximum absolute atomic E-state index is 11.4. The average Bonchev–Trinajstić information content (AvgIpc) is 3.65. The number of rotatable bonds is 5. The Hall–Kier alpha value is -2.01. The van der Waals surface area contributed by atoms with E-state index in [9.17, 15) is 9.59 Å². The van der Waals surface area contributed by atoms with Crippen LogP contribution in [0.15, 0.2) is 49.6 Å². The fraction of sp³-hybridized carbons (Fsp3) is 0.250. The first-order valence-electron chi connectivity index (χ1n) is 7.61. The van der Waals surface area contributed by atoms with Crippen molar-refractivity contribution in [3.8, 4) is 5.75 Å². The summed E-state index contributed by atoms with van der Waals surface area (Å²) in [6.07, 6.45) is 5.18. The molecule has 0 aromatic heterocycles. The number of carbonyl (C=O) groups is 2. The first-order valence-corrected chi connectivity index (χ1v) is 8.46. The zero-order chi connectivity index (χ0) is 20.8. The van der Waals surface area contributed by atoms with Gasteiger partial charge < -0.3 is 16.9 Å². The molecule has 0 amide bonds. The van der Waals surface area contributed by atoms with Crippen LogP contribution < -0.4 is 4.74 Å². The van der Waals surface area contributed by atoms with Crippen LogP contribution in [0.4, 0.5) is 0 Å². The fourth-order valence-electron chi connectivity index (χ4n) is 2.02. The molecule has 2 aliphatic carbocycles. The van der Waals surface area contributed by atoms with Gasteiger partial charge in [-0.25, -0.2) is 0 Å². The fourth-order valence-corrected chi connectivity index (χ4v) is 2.02. The number of hydrogen-bond acceptors (Lipinski definition) is 6. The summed E-state index contributed by atoms with van der Waals surface area (Å²) in [5, 5.41) is 0. The van der Waals surface area contributed by atoms with E-state index < -0.39 is 0 Å². The Morgan fingerprint density at radius 1 is 1.11 bits per heavy atom. The number of methoxy groups -OCH3 is 1. The molecule has 0 radical (unpaired) electrons. The van der Waals surface area contributed by atoms with Crippen LogP contribution in [0.2, 0.25) is 0 Å². The van der Waals surface area contributed by atoms with Crippen molar-refractivity contribution >= 4 is 11.9 Å². The first-order chi connectivity index (χ1) is 13.1. The molecular formula is C20H22Co2O6-4. The van der Waals surface area contributed by atoms with Crippen LogP contribution in [0.1, 0.15) is 12.8 Å². The minimum atomic E-state index is -0.241. The molecule has 2 fully saturated rings. The standard InChI is InChI=1S/C12H10O2.C7H9O2.CH3.2Co.2O/c1-2-9-8-11(9)12(13)14-10-6-4-3-5-7-10;1-3-5-4-6(5)7(8)9-2;;;;;/h2-4,6-7,9H,1,8H2;3,5H,1,4H2,2H3;1H3;;;;/q-2;2*-1;;;;. The molecule has 0 saturated heterocycles. The van der Waals surface area contributed by atoms with E-state index in [4.69, 9.17) is 12.5 Å². The summed E-state index contributed by atoms with van der Waals surface area (Å²) in [5.41, 5.74) is 0. The monoisotopic (exact) mass is 476 g/mol.